The summed E-state index contributed by atoms with van der Waals surface area (Å²) in [7, 11) is 0. The maximum absolute atomic E-state index is 13.8. The van der Waals surface area contributed by atoms with Gasteiger partial charge in [-0.2, -0.15) is 32.3 Å². The Hall–Kier alpha value is -2.75. The first-order valence-electron chi connectivity index (χ1n) is 8.38. The van der Waals surface area contributed by atoms with Crippen LogP contribution in [0.2, 0.25) is 5.15 Å². The molecule has 1 aliphatic carbocycles. The quantitative estimate of drug-likeness (QED) is 0.477. The molecular formula is C17H11ClF4N6. The number of imidazole rings is 1. The Morgan fingerprint density at radius 1 is 1.11 bits per heavy atom. The number of pyridine rings is 1. The van der Waals surface area contributed by atoms with E-state index in [1.807, 2.05) is 0 Å². The molecule has 0 amide bonds. The molecule has 0 saturated heterocycles. The van der Waals surface area contributed by atoms with Crippen LogP contribution in [0.15, 0.2) is 30.7 Å². The van der Waals surface area contributed by atoms with E-state index in [9.17, 15) is 17.6 Å². The zero-order valence-electron chi connectivity index (χ0n) is 14.0. The third-order valence-corrected chi connectivity index (χ3v) is 5.06. The molecule has 5 rings (SSSR count). The molecule has 0 spiro atoms. The van der Waals surface area contributed by atoms with Crippen LogP contribution in [-0.4, -0.2) is 35.5 Å². The second kappa shape index (κ2) is 5.87. The lowest BCUT2D eigenvalue weighted by Gasteiger charge is -2.08. The van der Waals surface area contributed by atoms with Crippen molar-refractivity contribution in [2.75, 3.05) is 0 Å². The first-order chi connectivity index (χ1) is 13.3. The van der Waals surface area contributed by atoms with Crippen LogP contribution >= 0.6 is 11.6 Å². The minimum atomic E-state index is -4.37. The largest absolute Gasteiger partial charge is 0.408 e. The van der Waals surface area contributed by atoms with Crippen LogP contribution in [0, 0.1) is 5.95 Å². The molecule has 4 aromatic heterocycles. The number of nitrogens with zero attached hydrogens (tertiary/aromatic N) is 6. The zero-order valence-corrected chi connectivity index (χ0v) is 14.8. The summed E-state index contributed by atoms with van der Waals surface area (Å²) in [4.78, 5) is 8.43. The number of alkyl halides is 3. The maximum Gasteiger partial charge on any atom is 0.408 e. The number of fused-ring (bicyclic) bond motifs is 2. The van der Waals surface area contributed by atoms with E-state index in [1.165, 1.54) is 12.4 Å². The molecule has 0 aliphatic heterocycles. The van der Waals surface area contributed by atoms with E-state index in [0.717, 1.165) is 21.0 Å². The normalized spacial score (nSPS) is 19.6. The molecule has 1 fully saturated rings. The van der Waals surface area contributed by atoms with Crippen molar-refractivity contribution >= 4 is 28.2 Å². The molecule has 0 bridgehead atoms. The van der Waals surface area contributed by atoms with Gasteiger partial charge in [-0.25, -0.2) is 4.98 Å². The molecule has 1 unspecified atom stereocenters. The summed E-state index contributed by atoms with van der Waals surface area (Å²) >= 11 is 6.00. The summed E-state index contributed by atoms with van der Waals surface area (Å²) in [6, 6.07) is 3.27. The van der Waals surface area contributed by atoms with Crippen molar-refractivity contribution < 1.29 is 17.6 Å². The Kier molecular flexibility index (Phi) is 3.64. The van der Waals surface area contributed by atoms with E-state index in [2.05, 4.69) is 20.2 Å². The molecule has 0 N–H and O–H groups in total. The summed E-state index contributed by atoms with van der Waals surface area (Å²) in [6.07, 6.45) is 0.288. The number of hydrogen-bond acceptors (Lipinski definition) is 4. The summed E-state index contributed by atoms with van der Waals surface area (Å²) in [5, 5.41) is 8.38. The highest BCUT2D eigenvalue weighted by molar-refractivity contribution is 6.29. The first-order valence-corrected chi connectivity index (χ1v) is 8.76. The van der Waals surface area contributed by atoms with Crippen LogP contribution in [0.25, 0.3) is 16.6 Å². The Bertz CT molecular complexity index is 1210. The standard InChI is InChI=1S/C17H11ClF4N6/c18-14-2-11(16-24-6-15(19)28(16)26-14)9-1-10(9)12-3-13-8(4-23-12)5-25-27(13)7-17(20,21)22/h2-6,9-10H,1,7H2/t9-,10?/m0/s1. The highest BCUT2D eigenvalue weighted by Crippen LogP contribution is 2.55. The van der Waals surface area contributed by atoms with Crippen LogP contribution in [0.3, 0.4) is 0 Å². The smallest absolute Gasteiger partial charge is 0.260 e. The van der Waals surface area contributed by atoms with Crippen molar-refractivity contribution in [3.05, 3.63) is 53.1 Å². The molecule has 0 radical (unpaired) electrons. The molecule has 4 aromatic rings. The van der Waals surface area contributed by atoms with E-state index in [4.69, 9.17) is 11.6 Å². The molecule has 4 heterocycles. The number of aromatic nitrogens is 6. The summed E-state index contributed by atoms with van der Waals surface area (Å²) < 4.78 is 54.0. The van der Waals surface area contributed by atoms with E-state index in [0.29, 0.717) is 28.7 Å². The monoisotopic (exact) mass is 410 g/mol. The summed E-state index contributed by atoms with van der Waals surface area (Å²) in [5.41, 5.74) is 2.13. The van der Waals surface area contributed by atoms with Crippen LogP contribution in [0.5, 0.6) is 0 Å². The fraction of sp³-hybridized carbons (Fsp3) is 0.294. The molecule has 144 valence electrons. The second-order valence-corrected chi connectivity index (χ2v) is 7.16. The van der Waals surface area contributed by atoms with Gasteiger partial charge in [0.1, 0.15) is 6.54 Å². The minimum Gasteiger partial charge on any atom is -0.260 e. The SMILES string of the molecule is Fc1cnc2c([C@H]3CC3c3cc4c(cn3)cnn4CC(F)(F)F)cc(Cl)nn12. The molecular weight excluding hydrogens is 400 g/mol. The first kappa shape index (κ1) is 17.4. The van der Waals surface area contributed by atoms with Gasteiger partial charge in [-0.3, -0.25) is 9.67 Å². The van der Waals surface area contributed by atoms with Crippen molar-refractivity contribution in [3.8, 4) is 0 Å². The minimum absolute atomic E-state index is 0.0197. The van der Waals surface area contributed by atoms with Crippen molar-refractivity contribution in [3.63, 3.8) is 0 Å². The lowest BCUT2D eigenvalue weighted by molar-refractivity contribution is -0.141. The molecule has 1 aliphatic rings. The average Bonchev–Trinajstić information content (AvgIpc) is 3.22. The summed E-state index contributed by atoms with van der Waals surface area (Å²) in [6.45, 7) is -1.16. The third kappa shape index (κ3) is 2.88. The molecule has 1 saturated carbocycles. The number of halogens is 5. The fourth-order valence-corrected chi connectivity index (χ4v) is 3.75. The predicted octanol–water partition coefficient (Wildman–Crippen LogP) is 4.10. The Morgan fingerprint density at radius 2 is 1.93 bits per heavy atom. The predicted molar refractivity (Wildman–Crippen MR) is 91.6 cm³/mol. The van der Waals surface area contributed by atoms with Crippen LogP contribution in [0.1, 0.15) is 29.5 Å². The molecule has 0 aromatic carbocycles. The van der Waals surface area contributed by atoms with Gasteiger partial charge in [-0.05, 0) is 24.5 Å². The van der Waals surface area contributed by atoms with Gasteiger partial charge in [-0.15, -0.1) is 0 Å². The fourth-order valence-electron chi connectivity index (χ4n) is 3.56. The highest BCUT2D eigenvalue weighted by Gasteiger charge is 2.43. The maximum atomic E-state index is 13.8. The molecule has 11 heteroatoms. The third-order valence-electron chi connectivity index (χ3n) is 4.87. The van der Waals surface area contributed by atoms with Gasteiger partial charge >= 0.3 is 6.18 Å². The van der Waals surface area contributed by atoms with Crippen molar-refractivity contribution in [1.29, 1.82) is 0 Å². The van der Waals surface area contributed by atoms with Gasteiger partial charge in [0.05, 0.1) is 17.9 Å². The van der Waals surface area contributed by atoms with Gasteiger partial charge in [0.15, 0.2) is 10.8 Å². The van der Waals surface area contributed by atoms with Crippen molar-refractivity contribution in [2.45, 2.75) is 31.0 Å². The van der Waals surface area contributed by atoms with E-state index in [1.54, 1.807) is 12.1 Å². The summed E-state index contributed by atoms with van der Waals surface area (Å²) in [5.74, 6) is -0.666. The molecule has 2 atom stereocenters. The van der Waals surface area contributed by atoms with Crippen molar-refractivity contribution in [1.82, 2.24) is 29.4 Å². The van der Waals surface area contributed by atoms with Gasteiger partial charge < -0.3 is 0 Å². The molecule has 6 nitrogen and oxygen atoms in total. The van der Waals surface area contributed by atoms with Crippen LogP contribution in [0.4, 0.5) is 17.6 Å². The second-order valence-electron chi connectivity index (χ2n) is 6.77. The van der Waals surface area contributed by atoms with Crippen molar-refractivity contribution in [2.24, 2.45) is 0 Å². The van der Waals surface area contributed by atoms with E-state index < -0.39 is 18.7 Å². The lowest BCUT2D eigenvalue weighted by Crippen LogP contribution is -2.18. The van der Waals surface area contributed by atoms with E-state index >= 15 is 0 Å². The number of rotatable bonds is 3. The number of hydrogen-bond donors (Lipinski definition) is 0. The molecule has 28 heavy (non-hydrogen) atoms. The van der Waals surface area contributed by atoms with Gasteiger partial charge in [0.2, 0.25) is 5.95 Å². The topological polar surface area (TPSA) is 60.9 Å². The Morgan fingerprint density at radius 3 is 2.71 bits per heavy atom. The Labute approximate surface area is 159 Å². The van der Waals surface area contributed by atoms with Gasteiger partial charge in [0.25, 0.3) is 0 Å². The van der Waals surface area contributed by atoms with E-state index in [-0.39, 0.29) is 17.0 Å². The van der Waals surface area contributed by atoms with Gasteiger partial charge in [-0.1, -0.05) is 11.6 Å². The Balaban J connectivity index is 1.51. The van der Waals surface area contributed by atoms with Crippen LogP contribution < -0.4 is 0 Å². The van der Waals surface area contributed by atoms with Gasteiger partial charge in [0, 0.05) is 28.8 Å². The highest BCUT2D eigenvalue weighted by atomic mass is 35.5. The average molecular weight is 411 g/mol. The van der Waals surface area contributed by atoms with Crippen LogP contribution in [-0.2, 0) is 6.54 Å². The zero-order chi connectivity index (χ0) is 19.6. The lowest BCUT2D eigenvalue weighted by atomic mass is 10.1.